The van der Waals surface area contributed by atoms with Crippen molar-refractivity contribution in [2.75, 3.05) is 18.5 Å². The second-order valence-corrected chi connectivity index (χ2v) is 5.12. The van der Waals surface area contributed by atoms with Crippen LogP contribution in [0.1, 0.15) is 37.7 Å². The molecule has 1 aliphatic carbocycles. The Balaban J connectivity index is 1.73. The summed E-state index contributed by atoms with van der Waals surface area (Å²) in [5.41, 5.74) is 0.510. The lowest BCUT2D eigenvalue weighted by Gasteiger charge is -2.22. The van der Waals surface area contributed by atoms with E-state index >= 15 is 0 Å². The predicted octanol–water partition coefficient (Wildman–Crippen LogP) is 3.37. The van der Waals surface area contributed by atoms with Gasteiger partial charge in [0.25, 0.3) is 0 Å². The van der Waals surface area contributed by atoms with Gasteiger partial charge in [0.15, 0.2) is 0 Å². The maximum absolute atomic E-state index is 8.84. The standard InChI is InChI=1S/C14H18ClN3O/c15-13-8-11(10-16)9-14(18-13)17-6-7-19-12-4-2-1-3-5-12/h8-9,12H,1-7H2,(H,17,18). The quantitative estimate of drug-likeness (QED) is 0.663. The average Bonchev–Trinajstić information content (AvgIpc) is 2.44. The van der Waals surface area contributed by atoms with Crippen LogP contribution in [-0.2, 0) is 4.74 Å². The molecule has 1 fully saturated rings. The Labute approximate surface area is 118 Å². The van der Waals surface area contributed by atoms with E-state index in [0.29, 0.717) is 35.8 Å². The molecule has 2 rings (SSSR count). The lowest BCUT2D eigenvalue weighted by atomic mass is 9.98. The monoisotopic (exact) mass is 279 g/mol. The van der Waals surface area contributed by atoms with Gasteiger partial charge in [-0.05, 0) is 25.0 Å². The fourth-order valence-corrected chi connectivity index (χ4v) is 2.50. The maximum Gasteiger partial charge on any atom is 0.132 e. The third-order valence-electron chi connectivity index (χ3n) is 3.24. The molecule has 0 amide bonds. The number of hydrogen-bond acceptors (Lipinski definition) is 4. The Hall–Kier alpha value is -1.31. The van der Waals surface area contributed by atoms with E-state index in [2.05, 4.69) is 16.4 Å². The molecule has 1 heterocycles. The molecule has 1 aromatic rings. The Kier molecular flexibility index (Phi) is 5.44. The largest absolute Gasteiger partial charge is 0.376 e. The van der Waals surface area contributed by atoms with Gasteiger partial charge in [0.2, 0.25) is 0 Å². The molecular formula is C14H18ClN3O. The molecule has 0 aliphatic heterocycles. The van der Waals surface area contributed by atoms with Gasteiger partial charge in [0.1, 0.15) is 11.0 Å². The zero-order valence-electron chi connectivity index (χ0n) is 10.9. The summed E-state index contributed by atoms with van der Waals surface area (Å²) in [6, 6.07) is 5.29. The highest BCUT2D eigenvalue weighted by molar-refractivity contribution is 6.29. The Morgan fingerprint density at radius 3 is 2.89 bits per heavy atom. The molecule has 19 heavy (non-hydrogen) atoms. The topological polar surface area (TPSA) is 57.9 Å². The van der Waals surface area contributed by atoms with Gasteiger partial charge in [0.05, 0.1) is 24.3 Å². The highest BCUT2D eigenvalue weighted by atomic mass is 35.5. The summed E-state index contributed by atoms with van der Waals surface area (Å²) in [7, 11) is 0. The van der Waals surface area contributed by atoms with E-state index in [9.17, 15) is 0 Å². The minimum Gasteiger partial charge on any atom is -0.376 e. The number of pyridine rings is 1. The Morgan fingerprint density at radius 1 is 1.37 bits per heavy atom. The van der Waals surface area contributed by atoms with Crippen molar-refractivity contribution in [1.29, 1.82) is 5.26 Å². The number of anilines is 1. The van der Waals surface area contributed by atoms with Gasteiger partial charge >= 0.3 is 0 Å². The first-order valence-electron chi connectivity index (χ1n) is 6.71. The Morgan fingerprint density at radius 2 is 2.16 bits per heavy atom. The molecule has 1 saturated carbocycles. The molecule has 102 valence electrons. The van der Waals surface area contributed by atoms with Crippen molar-refractivity contribution < 1.29 is 4.74 Å². The van der Waals surface area contributed by atoms with Crippen LogP contribution in [0.3, 0.4) is 0 Å². The summed E-state index contributed by atoms with van der Waals surface area (Å²) < 4.78 is 5.80. The molecule has 0 spiro atoms. The number of nitrogens with one attached hydrogen (secondary N) is 1. The van der Waals surface area contributed by atoms with Crippen molar-refractivity contribution in [3.8, 4) is 6.07 Å². The van der Waals surface area contributed by atoms with Crippen LogP contribution in [-0.4, -0.2) is 24.2 Å². The third kappa shape index (κ3) is 4.70. The van der Waals surface area contributed by atoms with Crippen LogP contribution in [0.4, 0.5) is 5.82 Å². The van der Waals surface area contributed by atoms with E-state index in [-0.39, 0.29) is 0 Å². The molecular weight excluding hydrogens is 262 g/mol. The highest BCUT2D eigenvalue weighted by Gasteiger charge is 2.13. The molecule has 1 aromatic heterocycles. The van der Waals surface area contributed by atoms with Crippen LogP contribution < -0.4 is 5.32 Å². The number of rotatable bonds is 5. The van der Waals surface area contributed by atoms with Crippen molar-refractivity contribution in [2.45, 2.75) is 38.2 Å². The lowest BCUT2D eigenvalue weighted by Crippen LogP contribution is -2.20. The molecule has 1 N–H and O–H groups in total. The first-order chi connectivity index (χ1) is 9.28. The van der Waals surface area contributed by atoms with Gasteiger partial charge in [-0.15, -0.1) is 0 Å². The van der Waals surface area contributed by atoms with Gasteiger partial charge in [-0.25, -0.2) is 4.98 Å². The van der Waals surface area contributed by atoms with Gasteiger partial charge < -0.3 is 10.1 Å². The Bertz CT molecular complexity index is 452. The normalized spacial score (nSPS) is 16.0. The van der Waals surface area contributed by atoms with E-state index < -0.39 is 0 Å². The summed E-state index contributed by atoms with van der Waals surface area (Å²) in [5.74, 6) is 0.622. The van der Waals surface area contributed by atoms with Crippen LogP contribution in [0.5, 0.6) is 0 Å². The van der Waals surface area contributed by atoms with Crippen LogP contribution in [0, 0.1) is 11.3 Å². The third-order valence-corrected chi connectivity index (χ3v) is 3.43. The fraction of sp³-hybridized carbons (Fsp3) is 0.571. The number of nitrogens with zero attached hydrogens (tertiary/aromatic N) is 2. The summed E-state index contributed by atoms with van der Waals surface area (Å²) in [6.07, 6.45) is 6.65. The van der Waals surface area contributed by atoms with E-state index in [1.165, 1.54) is 32.1 Å². The molecule has 0 radical (unpaired) electrons. The van der Waals surface area contributed by atoms with Crippen molar-refractivity contribution in [3.05, 3.63) is 22.8 Å². The zero-order valence-corrected chi connectivity index (χ0v) is 11.6. The van der Waals surface area contributed by atoms with Gasteiger partial charge in [-0.3, -0.25) is 0 Å². The fourth-order valence-electron chi connectivity index (χ4n) is 2.29. The number of nitriles is 1. The van der Waals surface area contributed by atoms with E-state index in [0.717, 1.165) is 0 Å². The van der Waals surface area contributed by atoms with E-state index in [1.807, 2.05) is 0 Å². The molecule has 1 aliphatic rings. The predicted molar refractivity (Wildman–Crippen MR) is 75.3 cm³/mol. The summed E-state index contributed by atoms with van der Waals surface area (Å²) in [4.78, 5) is 4.11. The lowest BCUT2D eigenvalue weighted by molar-refractivity contribution is 0.0347. The smallest absolute Gasteiger partial charge is 0.132 e. The van der Waals surface area contributed by atoms with Gasteiger partial charge in [-0.2, -0.15) is 5.26 Å². The average molecular weight is 280 g/mol. The van der Waals surface area contributed by atoms with Crippen molar-refractivity contribution in [2.24, 2.45) is 0 Å². The van der Waals surface area contributed by atoms with Crippen molar-refractivity contribution in [1.82, 2.24) is 4.98 Å². The van der Waals surface area contributed by atoms with Gasteiger partial charge in [-0.1, -0.05) is 30.9 Å². The first kappa shape index (κ1) is 14.1. The molecule has 0 bridgehead atoms. The minimum absolute atomic E-state index is 0.328. The summed E-state index contributed by atoms with van der Waals surface area (Å²) >= 11 is 5.83. The molecule has 5 heteroatoms. The van der Waals surface area contributed by atoms with Crippen molar-refractivity contribution >= 4 is 17.4 Å². The second kappa shape index (κ2) is 7.32. The molecule has 0 aromatic carbocycles. The second-order valence-electron chi connectivity index (χ2n) is 4.73. The van der Waals surface area contributed by atoms with Crippen LogP contribution >= 0.6 is 11.6 Å². The van der Waals surface area contributed by atoms with E-state index in [4.69, 9.17) is 21.6 Å². The van der Waals surface area contributed by atoms with E-state index in [1.54, 1.807) is 12.1 Å². The molecule has 0 atom stereocenters. The van der Waals surface area contributed by atoms with Crippen LogP contribution in [0.2, 0.25) is 5.15 Å². The first-order valence-corrected chi connectivity index (χ1v) is 7.09. The highest BCUT2D eigenvalue weighted by Crippen LogP contribution is 2.20. The minimum atomic E-state index is 0.328. The number of hydrogen-bond donors (Lipinski definition) is 1. The summed E-state index contributed by atoms with van der Waals surface area (Å²) in [5, 5.41) is 12.3. The van der Waals surface area contributed by atoms with Gasteiger partial charge in [0, 0.05) is 6.54 Å². The SMILES string of the molecule is N#Cc1cc(Cl)nc(NCCOC2CCCCC2)c1. The molecule has 4 nitrogen and oxygen atoms in total. The maximum atomic E-state index is 8.84. The van der Waals surface area contributed by atoms with Crippen LogP contribution in [0.15, 0.2) is 12.1 Å². The number of halogens is 1. The number of aromatic nitrogens is 1. The number of ether oxygens (including phenoxy) is 1. The molecule has 0 saturated heterocycles. The van der Waals surface area contributed by atoms with Crippen molar-refractivity contribution in [3.63, 3.8) is 0 Å². The molecule has 0 unspecified atom stereocenters. The van der Waals surface area contributed by atoms with Crippen LogP contribution in [0.25, 0.3) is 0 Å². The zero-order chi connectivity index (χ0) is 13.5. The summed E-state index contributed by atoms with van der Waals surface area (Å²) in [6.45, 7) is 1.33.